The molecule has 1 aromatic carbocycles. The molecule has 2 aromatic rings. The van der Waals surface area contributed by atoms with E-state index in [9.17, 15) is 0 Å². The first-order valence-electron chi connectivity index (χ1n) is 6.61. The molecule has 0 amide bonds. The topological polar surface area (TPSA) is 49.8 Å². The first-order valence-corrected chi connectivity index (χ1v) is 7.79. The van der Waals surface area contributed by atoms with Crippen molar-refractivity contribution in [1.29, 1.82) is 0 Å². The molecule has 100 valence electrons. The molecule has 3 rings (SSSR count). The van der Waals surface area contributed by atoms with Crippen LogP contribution in [-0.4, -0.2) is 20.7 Å². The van der Waals surface area contributed by atoms with Crippen LogP contribution in [0.3, 0.4) is 0 Å². The summed E-state index contributed by atoms with van der Waals surface area (Å²) in [6.45, 7) is 0. The predicted octanol–water partition coefficient (Wildman–Crippen LogP) is 3.31. The van der Waals surface area contributed by atoms with E-state index in [2.05, 4.69) is 20.2 Å². The minimum absolute atomic E-state index is 0.526. The van der Waals surface area contributed by atoms with Gasteiger partial charge in [-0.1, -0.05) is 23.8 Å². The van der Waals surface area contributed by atoms with Gasteiger partial charge in [0.1, 0.15) is 5.52 Å². The van der Waals surface area contributed by atoms with Crippen LogP contribution in [0.25, 0.3) is 10.2 Å². The fraction of sp³-hybridized carbons (Fsp3) is 0.462. The molecule has 2 N–H and O–H groups in total. The van der Waals surface area contributed by atoms with Crippen molar-refractivity contribution in [2.75, 3.05) is 5.32 Å². The summed E-state index contributed by atoms with van der Waals surface area (Å²) in [5, 5.41) is 11.4. The van der Waals surface area contributed by atoms with Crippen LogP contribution in [0.15, 0.2) is 18.2 Å². The molecule has 1 aromatic heterocycles. The fourth-order valence-corrected chi connectivity index (χ4v) is 3.28. The molecule has 1 aliphatic carbocycles. The highest BCUT2D eigenvalue weighted by Crippen LogP contribution is 2.20. The molecule has 0 atom stereocenters. The van der Waals surface area contributed by atoms with Crippen molar-refractivity contribution >= 4 is 44.8 Å². The molecule has 19 heavy (non-hydrogen) atoms. The molecule has 1 saturated carbocycles. The van der Waals surface area contributed by atoms with Crippen molar-refractivity contribution in [3.8, 4) is 0 Å². The number of hydrogen-bond acceptors (Lipinski definition) is 4. The van der Waals surface area contributed by atoms with Gasteiger partial charge in [-0.3, -0.25) is 0 Å². The zero-order valence-corrected chi connectivity index (χ0v) is 12.2. The lowest BCUT2D eigenvalue weighted by Crippen LogP contribution is -2.38. The summed E-state index contributed by atoms with van der Waals surface area (Å²) < 4.78 is 5.02. The Morgan fingerprint density at radius 2 is 2.11 bits per heavy atom. The molecule has 0 unspecified atom stereocenters. The second-order valence-corrected chi connectivity index (χ2v) is 6.08. The maximum atomic E-state index is 5.36. The quantitative estimate of drug-likeness (QED) is 0.832. The average Bonchev–Trinajstić information content (AvgIpc) is 2.87. The maximum absolute atomic E-state index is 5.36. The van der Waals surface area contributed by atoms with Crippen LogP contribution in [0, 0.1) is 0 Å². The van der Waals surface area contributed by atoms with Gasteiger partial charge in [0.25, 0.3) is 0 Å². The summed E-state index contributed by atoms with van der Waals surface area (Å²) >= 11 is 6.77. The number of rotatable bonds is 2. The highest BCUT2D eigenvalue weighted by Gasteiger charge is 2.14. The number of anilines is 1. The lowest BCUT2D eigenvalue weighted by Gasteiger charge is -2.24. The SMILES string of the molecule is S=C(Nc1ccc2snnc2c1)NC1CCCCC1. The van der Waals surface area contributed by atoms with Crippen molar-refractivity contribution in [3.63, 3.8) is 0 Å². The fourth-order valence-electron chi connectivity index (χ4n) is 2.46. The second kappa shape index (κ2) is 5.79. The number of nitrogens with zero attached hydrogens (tertiary/aromatic N) is 2. The van der Waals surface area contributed by atoms with Crippen molar-refractivity contribution in [1.82, 2.24) is 14.9 Å². The van der Waals surface area contributed by atoms with Crippen LogP contribution >= 0.6 is 23.8 Å². The lowest BCUT2D eigenvalue weighted by atomic mass is 9.96. The number of thiocarbonyl (C=S) groups is 1. The Morgan fingerprint density at radius 1 is 1.26 bits per heavy atom. The minimum atomic E-state index is 0.526. The molecule has 1 fully saturated rings. The lowest BCUT2D eigenvalue weighted by molar-refractivity contribution is 0.415. The third kappa shape index (κ3) is 3.19. The molecular formula is C13H16N4S2. The molecule has 6 heteroatoms. The van der Waals surface area contributed by atoms with Gasteiger partial charge in [0.15, 0.2) is 5.11 Å². The van der Waals surface area contributed by atoms with E-state index in [0.29, 0.717) is 11.2 Å². The van der Waals surface area contributed by atoms with Gasteiger partial charge in [-0.15, -0.1) is 5.10 Å². The molecule has 0 saturated heterocycles. The second-order valence-electron chi connectivity index (χ2n) is 4.89. The molecule has 1 aliphatic rings. The van der Waals surface area contributed by atoms with E-state index in [1.807, 2.05) is 18.2 Å². The van der Waals surface area contributed by atoms with Crippen LogP contribution in [-0.2, 0) is 0 Å². The molecule has 0 aliphatic heterocycles. The summed E-state index contributed by atoms with van der Waals surface area (Å²) in [6.07, 6.45) is 6.40. The highest BCUT2D eigenvalue weighted by atomic mass is 32.1. The largest absolute Gasteiger partial charge is 0.360 e. The van der Waals surface area contributed by atoms with Gasteiger partial charge in [0, 0.05) is 11.7 Å². The molecule has 0 spiro atoms. The van der Waals surface area contributed by atoms with Gasteiger partial charge in [-0.05, 0) is 54.8 Å². The minimum Gasteiger partial charge on any atom is -0.360 e. The summed E-state index contributed by atoms with van der Waals surface area (Å²) in [7, 11) is 0. The van der Waals surface area contributed by atoms with Crippen molar-refractivity contribution < 1.29 is 0 Å². The number of aromatic nitrogens is 2. The van der Waals surface area contributed by atoms with Crippen molar-refractivity contribution in [2.45, 2.75) is 38.1 Å². The monoisotopic (exact) mass is 292 g/mol. The van der Waals surface area contributed by atoms with E-state index in [4.69, 9.17) is 12.2 Å². The van der Waals surface area contributed by atoms with Crippen molar-refractivity contribution in [3.05, 3.63) is 18.2 Å². The van der Waals surface area contributed by atoms with Gasteiger partial charge in [-0.25, -0.2) is 0 Å². The molecule has 0 bridgehead atoms. The number of hydrogen-bond donors (Lipinski definition) is 2. The predicted molar refractivity (Wildman–Crippen MR) is 83.6 cm³/mol. The van der Waals surface area contributed by atoms with Crippen LogP contribution < -0.4 is 10.6 Å². The Hall–Kier alpha value is -1.27. The number of nitrogens with one attached hydrogen (secondary N) is 2. The third-order valence-corrected chi connectivity index (χ3v) is 4.37. The summed E-state index contributed by atoms with van der Waals surface area (Å²) in [6, 6.07) is 6.54. The van der Waals surface area contributed by atoms with Gasteiger partial charge in [0.2, 0.25) is 0 Å². The summed E-state index contributed by atoms with van der Waals surface area (Å²) in [5.41, 5.74) is 1.88. The standard InChI is InChI=1S/C13H16N4S2/c18-13(14-9-4-2-1-3-5-9)15-10-6-7-12-11(8-10)16-17-19-12/h6-9H,1-5H2,(H2,14,15,18). The first kappa shape index (κ1) is 12.7. The molecule has 4 nitrogen and oxygen atoms in total. The third-order valence-electron chi connectivity index (χ3n) is 3.44. The summed E-state index contributed by atoms with van der Waals surface area (Å²) in [5.74, 6) is 0. The number of benzene rings is 1. The Morgan fingerprint density at radius 3 is 2.95 bits per heavy atom. The van der Waals surface area contributed by atoms with Crippen molar-refractivity contribution in [2.24, 2.45) is 0 Å². The van der Waals surface area contributed by atoms with E-state index < -0.39 is 0 Å². The van der Waals surface area contributed by atoms with E-state index in [1.54, 1.807) is 0 Å². The maximum Gasteiger partial charge on any atom is 0.170 e. The van der Waals surface area contributed by atoms with Gasteiger partial charge in [0.05, 0.1) is 4.70 Å². The highest BCUT2D eigenvalue weighted by molar-refractivity contribution is 7.80. The summed E-state index contributed by atoms with van der Waals surface area (Å²) in [4.78, 5) is 0. The first-order chi connectivity index (χ1) is 9.31. The number of fused-ring (bicyclic) bond motifs is 1. The van der Waals surface area contributed by atoms with Crippen LogP contribution in [0.1, 0.15) is 32.1 Å². The van der Waals surface area contributed by atoms with Gasteiger partial charge >= 0.3 is 0 Å². The molecular weight excluding hydrogens is 276 g/mol. The van der Waals surface area contributed by atoms with Crippen LogP contribution in [0.5, 0.6) is 0 Å². The van der Waals surface area contributed by atoms with Gasteiger partial charge < -0.3 is 10.6 Å². The van der Waals surface area contributed by atoms with E-state index in [1.165, 1.54) is 43.6 Å². The Labute approximate surface area is 121 Å². The average molecular weight is 292 g/mol. The zero-order valence-electron chi connectivity index (χ0n) is 10.6. The smallest absolute Gasteiger partial charge is 0.170 e. The molecule has 0 radical (unpaired) electrons. The Balaban J connectivity index is 1.61. The van der Waals surface area contributed by atoms with Crippen LogP contribution in [0.2, 0.25) is 0 Å². The van der Waals surface area contributed by atoms with Crippen LogP contribution in [0.4, 0.5) is 5.69 Å². The van der Waals surface area contributed by atoms with E-state index in [-0.39, 0.29) is 0 Å². The normalized spacial score (nSPS) is 16.4. The Kier molecular flexibility index (Phi) is 3.89. The molecule has 1 heterocycles. The van der Waals surface area contributed by atoms with E-state index in [0.717, 1.165) is 15.9 Å². The van der Waals surface area contributed by atoms with E-state index >= 15 is 0 Å². The Bertz CT molecular complexity index is 575. The zero-order chi connectivity index (χ0) is 13.1. The van der Waals surface area contributed by atoms with Gasteiger partial charge in [-0.2, -0.15) is 0 Å².